The molecule has 0 radical (unpaired) electrons. The van der Waals surface area contributed by atoms with Crippen molar-refractivity contribution >= 4 is 11.3 Å². The van der Waals surface area contributed by atoms with Crippen LogP contribution in [0.25, 0.3) is 0 Å². The van der Waals surface area contributed by atoms with E-state index in [-0.39, 0.29) is 12.0 Å². The van der Waals surface area contributed by atoms with Crippen LogP contribution in [0.2, 0.25) is 0 Å². The lowest BCUT2D eigenvalue weighted by molar-refractivity contribution is 0.147. The fourth-order valence-electron chi connectivity index (χ4n) is 2.66. The van der Waals surface area contributed by atoms with Crippen LogP contribution in [0.1, 0.15) is 61.2 Å². The Morgan fingerprint density at radius 3 is 3.00 bits per heavy atom. The van der Waals surface area contributed by atoms with Gasteiger partial charge in [0.05, 0.1) is 10.7 Å². The van der Waals surface area contributed by atoms with Gasteiger partial charge in [0.1, 0.15) is 0 Å². The molecule has 0 spiro atoms. The average Bonchev–Trinajstić information content (AvgIpc) is 2.75. The molecule has 0 amide bonds. The first kappa shape index (κ1) is 14.9. The molecular weight excluding hydrogens is 256 g/mol. The molecule has 2 N–H and O–H groups in total. The number of hydrogen-bond acceptors (Lipinski definition) is 4. The second-order valence-corrected chi connectivity index (χ2v) is 7.60. The van der Waals surface area contributed by atoms with E-state index in [0.29, 0.717) is 6.04 Å². The van der Waals surface area contributed by atoms with E-state index in [1.54, 1.807) is 0 Å². The van der Waals surface area contributed by atoms with Gasteiger partial charge in [0.2, 0.25) is 0 Å². The monoisotopic (exact) mass is 282 g/mol. The molecule has 3 nitrogen and oxygen atoms in total. The number of nitrogens with one attached hydrogen (secondary N) is 1. The van der Waals surface area contributed by atoms with Crippen molar-refractivity contribution in [1.82, 2.24) is 10.3 Å². The minimum absolute atomic E-state index is 0.0560. The van der Waals surface area contributed by atoms with Crippen molar-refractivity contribution in [3.05, 3.63) is 15.6 Å². The Morgan fingerprint density at radius 2 is 2.26 bits per heavy atom. The largest absolute Gasteiger partial charge is 0.396 e. The van der Waals surface area contributed by atoms with Gasteiger partial charge in [-0.1, -0.05) is 13.8 Å². The summed E-state index contributed by atoms with van der Waals surface area (Å²) in [4.78, 5) is 6.09. The Kier molecular flexibility index (Phi) is 4.98. The first-order valence-electron chi connectivity index (χ1n) is 7.32. The summed E-state index contributed by atoms with van der Waals surface area (Å²) in [5.74, 6) is 0. The topological polar surface area (TPSA) is 45.2 Å². The van der Waals surface area contributed by atoms with Gasteiger partial charge >= 0.3 is 0 Å². The first-order valence-corrected chi connectivity index (χ1v) is 8.14. The van der Waals surface area contributed by atoms with Crippen LogP contribution in [0, 0.1) is 12.3 Å². The number of fused-ring (bicyclic) bond motifs is 1. The summed E-state index contributed by atoms with van der Waals surface area (Å²) in [5.41, 5.74) is 1.38. The average molecular weight is 282 g/mol. The predicted molar refractivity (Wildman–Crippen MR) is 80.6 cm³/mol. The van der Waals surface area contributed by atoms with Crippen LogP contribution in [0.5, 0.6) is 0 Å². The molecule has 1 aliphatic rings. The van der Waals surface area contributed by atoms with E-state index in [1.807, 2.05) is 11.3 Å². The van der Waals surface area contributed by atoms with E-state index >= 15 is 0 Å². The van der Waals surface area contributed by atoms with Crippen molar-refractivity contribution in [2.24, 2.45) is 5.41 Å². The highest BCUT2D eigenvalue weighted by molar-refractivity contribution is 7.11. The van der Waals surface area contributed by atoms with Gasteiger partial charge in [0.25, 0.3) is 0 Å². The van der Waals surface area contributed by atoms with E-state index in [4.69, 9.17) is 0 Å². The Morgan fingerprint density at radius 1 is 1.47 bits per heavy atom. The summed E-state index contributed by atoms with van der Waals surface area (Å²) in [5, 5.41) is 14.1. The molecule has 0 fully saturated rings. The lowest BCUT2D eigenvalue weighted by Crippen LogP contribution is -2.26. The minimum atomic E-state index is 0.0560. The Balaban J connectivity index is 1.81. The van der Waals surface area contributed by atoms with Crippen molar-refractivity contribution in [1.29, 1.82) is 0 Å². The highest BCUT2D eigenvalue weighted by Crippen LogP contribution is 2.34. The SMILES string of the molecule is Cc1nc2c(s1)C(NCCCC(C)(C)CO)CCC2. The number of aryl methyl sites for hydroxylation is 2. The number of aromatic nitrogens is 1. The maximum atomic E-state index is 9.25. The third-order valence-corrected chi connectivity index (χ3v) is 5.03. The maximum absolute atomic E-state index is 9.25. The molecule has 2 rings (SSSR count). The smallest absolute Gasteiger partial charge is 0.0900 e. The fourth-order valence-corrected chi connectivity index (χ4v) is 3.74. The number of aliphatic hydroxyl groups excluding tert-OH is 1. The zero-order valence-electron chi connectivity index (χ0n) is 12.3. The number of rotatable bonds is 6. The van der Waals surface area contributed by atoms with E-state index in [1.165, 1.54) is 28.4 Å². The molecule has 108 valence electrons. The zero-order chi connectivity index (χ0) is 13.9. The summed E-state index contributed by atoms with van der Waals surface area (Å²) in [6, 6.07) is 0.507. The summed E-state index contributed by atoms with van der Waals surface area (Å²) < 4.78 is 0. The molecule has 1 aliphatic carbocycles. The Labute approximate surface area is 120 Å². The first-order chi connectivity index (χ1) is 9.02. The van der Waals surface area contributed by atoms with E-state index in [9.17, 15) is 5.11 Å². The molecule has 1 heterocycles. The lowest BCUT2D eigenvalue weighted by Gasteiger charge is -2.24. The van der Waals surface area contributed by atoms with Crippen LogP contribution < -0.4 is 5.32 Å². The molecule has 1 aromatic heterocycles. The molecule has 1 atom stereocenters. The molecule has 1 aromatic rings. The van der Waals surface area contributed by atoms with Crippen LogP contribution in [-0.2, 0) is 6.42 Å². The van der Waals surface area contributed by atoms with Gasteiger partial charge in [-0.2, -0.15) is 0 Å². The highest BCUT2D eigenvalue weighted by atomic mass is 32.1. The molecule has 0 saturated heterocycles. The molecule has 0 saturated carbocycles. The van der Waals surface area contributed by atoms with Gasteiger partial charge < -0.3 is 10.4 Å². The quantitative estimate of drug-likeness (QED) is 0.788. The second kappa shape index (κ2) is 6.33. The van der Waals surface area contributed by atoms with E-state index < -0.39 is 0 Å². The van der Waals surface area contributed by atoms with Gasteiger partial charge in [-0.3, -0.25) is 0 Å². The Hall–Kier alpha value is -0.450. The van der Waals surface area contributed by atoms with E-state index in [0.717, 1.165) is 25.8 Å². The van der Waals surface area contributed by atoms with Crippen LogP contribution in [0.4, 0.5) is 0 Å². The number of aliphatic hydroxyl groups is 1. The normalized spacial score (nSPS) is 19.5. The van der Waals surface area contributed by atoms with Gasteiger partial charge in [-0.25, -0.2) is 4.98 Å². The van der Waals surface area contributed by atoms with Crippen LogP contribution in [0.15, 0.2) is 0 Å². The van der Waals surface area contributed by atoms with E-state index in [2.05, 4.69) is 31.1 Å². The van der Waals surface area contributed by atoms with Crippen molar-refractivity contribution in [3.63, 3.8) is 0 Å². The number of hydrogen-bond donors (Lipinski definition) is 2. The summed E-state index contributed by atoms with van der Waals surface area (Å²) in [6.45, 7) is 7.65. The number of nitrogens with zero attached hydrogens (tertiary/aromatic N) is 1. The van der Waals surface area contributed by atoms with Crippen molar-refractivity contribution in [2.45, 2.75) is 58.9 Å². The third-order valence-electron chi connectivity index (χ3n) is 3.91. The molecule has 0 bridgehead atoms. The zero-order valence-corrected chi connectivity index (χ0v) is 13.1. The van der Waals surface area contributed by atoms with Crippen LogP contribution in [0.3, 0.4) is 0 Å². The fraction of sp³-hybridized carbons (Fsp3) is 0.800. The van der Waals surface area contributed by atoms with Crippen LogP contribution >= 0.6 is 11.3 Å². The van der Waals surface area contributed by atoms with Gasteiger partial charge in [-0.05, 0) is 51.0 Å². The molecule has 4 heteroatoms. The predicted octanol–water partition coefficient (Wildman–Crippen LogP) is 3.22. The standard InChI is InChI=1S/C15H26N2OS/c1-11-17-13-7-4-6-12(14(13)19-11)16-9-5-8-15(2,3)10-18/h12,16,18H,4-10H2,1-3H3. The molecule has 19 heavy (non-hydrogen) atoms. The minimum Gasteiger partial charge on any atom is -0.396 e. The van der Waals surface area contributed by atoms with Crippen molar-refractivity contribution in [2.75, 3.05) is 13.2 Å². The molecule has 1 unspecified atom stereocenters. The molecule has 0 aliphatic heterocycles. The highest BCUT2D eigenvalue weighted by Gasteiger charge is 2.23. The third kappa shape index (κ3) is 4.01. The maximum Gasteiger partial charge on any atom is 0.0900 e. The second-order valence-electron chi connectivity index (χ2n) is 6.37. The number of thiazole rings is 1. The lowest BCUT2D eigenvalue weighted by atomic mass is 9.89. The van der Waals surface area contributed by atoms with Gasteiger partial charge in [-0.15, -0.1) is 11.3 Å². The molecular formula is C15H26N2OS. The van der Waals surface area contributed by atoms with Gasteiger partial charge in [0, 0.05) is 17.5 Å². The van der Waals surface area contributed by atoms with Crippen LogP contribution in [-0.4, -0.2) is 23.2 Å². The van der Waals surface area contributed by atoms with Gasteiger partial charge in [0.15, 0.2) is 0 Å². The molecule has 0 aromatic carbocycles. The Bertz CT molecular complexity index is 414. The summed E-state index contributed by atoms with van der Waals surface area (Å²) in [6.07, 6.45) is 5.82. The summed E-state index contributed by atoms with van der Waals surface area (Å²) >= 11 is 1.85. The van der Waals surface area contributed by atoms with Crippen molar-refractivity contribution in [3.8, 4) is 0 Å². The summed E-state index contributed by atoms with van der Waals surface area (Å²) in [7, 11) is 0. The van der Waals surface area contributed by atoms with Crippen molar-refractivity contribution < 1.29 is 5.11 Å².